The van der Waals surface area contributed by atoms with E-state index in [1.54, 1.807) is 0 Å². The Morgan fingerprint density at radius 2 is 2.13 bits per heavy atom. The van der Waals surface area contributed by atoms with Crippen molar-refractivity contribution in [2.24, 2.45) is 10.4 Å². The third-order valence-electron chi connectivity index (χ3n) is 4.98. The average Bonchev–Trinajstić information content (AvgIpc) is 3.21. The van der Waals surface area contributed by atoms with E-state index in [2.05, 4.69) is 48.3 Å². The fraction of sp³-hybridized carbons (Fsp3) is 0.632. The van der Waals surface area contributed by atoms with E-state index < -0.39 is 0 Å². The van der Waals surface area contributed by atoms with Gasteiger partial charge in [0.1, 0.15) is 0 Å². The van der Waals surface area contributed by atoms with E-state index in [1.165, 1.54) is 24.1 Å². The van der Waals surface area contributed by atoms with Crippen molar-refractivity contribution in [1.29, 1.82) is 0 Å². The van der Waals surface area contributed by atoms with Gasteiger partial charge in [-0.1, -0.05) is 18.2 Å². The van der Waals surface area contributed by atoms with E-state index >= 15 is 0 Å². The second-order valence-electron chi connectivity index (χ2n) is 6.65. The molecule has 4 nitrogen and oxygen atoms in total. The van der Waals surface area contributed by atoms with Crippen molar-refractivity contribution in [3.05, 3.63) is 29.8 Å². The van der Waals surface area contributed by atoms with Crippen LogP contribution in [-0.4, -0.2) is 38.8 Å². The van der Waals surface area contributed by atoms with Gasteiger partial charge in [-0.25, -0.2) is 0 Å². The molecule has 23 heavy (non-hydrogen) atoms. The molecule has 1 saturated carbocycles. The molecule has 1 aromatic rings. The fourth-order valence-electron chi connectivity index (χ4n) is 3.29. The zero-order valence-corrected chi connectivity index (χ0v) is 14.5. The van der Waals surface area contributed by atoms with Crippen molar-refractivity contribution in [3.8, 4) is 0 Å². The average molecular weight is 315 g/mol. The first-order valence-corrected chi connectivity index (χ1v) is 8.99. The molecule has 0 saturated heterocycles. The van der Waals surface area contributed by atoms with Crippen LogP contribution in [0.3, 0.4) is 0 Å². The molecule has 0 bridgehead atoms. The first kappa shape index (κ1) is 16.3. The van der Waals surface area contributed by atoms with Gasteiger partial charge in [0.25, 0.3) is 0 Å². The summed E-state index contributed by atoms with van der Waals surface area (Å²) in [6.45, 7) is 8.73. The van der Waals surface area contributed by atoms with Crippen molar-refractivity contribution in [3.63, 3.8) is 0 Å². The summed E-state index contributed by atoms with van der Waals surface area (Å²) in [4.78, 5) is 7.33. The van der Waals surface area contributed by atoms with Crippen LogP contribution in [0.1, 0.15) is 38.7 Å². The number of ether oxygens (including phenoxy) is 1. The van der Waals surface area contributed by atoms with Crippen LogP contribution in [0.5, 0.6) is 0 Å². The SMILES string of the molecule is CCNC(=NCC1(CCOCC)CC1)N1CCc2ccccc21. The van der Waals surface area contributed by atoms with Crippen LogP contribution in [0.4, 0.5) is 5.69 Å². The number of para-hydroxylation sites is 1. The number of aliphatic imine (C=N–C) groups is 1. The Kier molecular flexibility index (Phi) is 5.21. The van der Waals surface area contributed by atoms with Crippen molar-refractivity contribution in [2.45, 2.75) is 39.5 Å². The molecule has 0 radical (unpaired) electrons. The monoisotopic (exact) mass is 315 g/mol. The maximum atomic E-state index is 5.54. The van der Waals surface area contributed by atoms with Crippen LogP contribution in [0.15, 0.2) is 29.3 Å². The molecule has 0 atom stereocenters. The molecule has 126 valence electrons. The molecule has 1 aliphatic heterocycles. The molecule has 2 aliphatic rings. The lowest BCUT2D eigenvalue weighted by atomic mass is 10.0. The van der Waals surface area contributed by atoms with E-state index in [9.17, 15) is 0 Å². The number of fused-ring (bicyclic) bond motifs is 1. The van der Waals surface area contributed by atoms with E-state index in [4.69, 9.17) is 9.73 Å². The minimum Gasteiger partial charge on any atom is -0.382 e. The molecular formula is C19H29N3O. The van der Waals surface area contributed by atoms with Crippen LogP contribution in [0, 0.1) is 5.41 Å². The van der Waals surface area contributed by atoms with Crippen LogP contribution in [0.2, 0.25) is 0 Å². The lowest BCUT2D eigenvalue weighted by Crippen LogP contribution is -2.41. The molecule has 4 heteroatoms. The van der Waals surface area contributed by atoms with Crippen molar-refractivity contribution >= 4 is 11.6 Å². The van der Waals surface area contributed by atoms with Gasteiger partial charge >= 0.3 is 0 Å². The Bertz CT molecular complexity index is 551. The summed E-state index contributed by atoms with van der Waals surface area (Å²) in [5, 5.41) is 3.48. The molecule has 0 unspecified atom stereocenters. The quantitative estimate of drug-likeness (QED) is 0.477. The highest BCUT2D eigenvalue weighted by Crippen LogP contribution is 2.49. The lowest BCUT2D eigenvalue weighted by molar-refractivity contribution is 0.129. The molecule has 1 aliphatic carbocycles. The predicted octanol–water partition coefficient (Wildman–Crippen LogP) is 3.22. The highest BCUT2D eigenvalue weighted by Gasteiger charge is 2.42. The van der Waals surface area contributed by atoms with E-state index in [-0.39, 0.29) is 0 Å². The summed E-state index contributed by atoms with van der Waals surface area (Å²) >= 11 is 0. The molecule has 0 amide bonds. The Labute approximate surface area is 139 Å². The molecule has 3 rings (SSSR count). The number of anilines is 1. The maximum absolute atomic E-state index is 5.54. The van der Waals surface area contributed by atoms with Crippen LogP contribution in [-0.2, 0) is 11.2 Å². The number of hydrogen-bond donors (Lipinski definition) is 1. The number of hydrogen-bond acceptors (Lipinski definition) is 2. The Balaban J connectivity index is 1.67. The van der Waals surface area contributed by atoms with Crippen molar-refractivity contribution in [1.82, 2.24) is 5.32 Å². The van der Waals surface area contributed by atoms with Crippen LogP contribution in [0.25, 0.3) is 0 Å². The van der Waals surface area contributed by atoms with Gasteiger partial charge in [0, 0.05) is 38.5 Å². The van der Waals surface area contributed by atoms with Crippen molar-refractivity contribution in [2.75, 3.05) is 37.7 Å². The summed E-state index contributed by atoms with van der Waals surface area (Å²) in [7, 11) is 0. The van der Waals surface area contributed by atoms with Gasteiger partial charge in [-0.05, 0) is 56.6 Å². The van der Waals surface area contributed by atoms with Gasteiger partial charge in [0.05, 0.1) is 0 Å². The van der Waals surface area contributed by atoms with Gasteiger partial charge in [0.2, 0.25) is 0 Å². The summed E-state index contributed by atoms with van der Waals surface area (Å²) in [5.74, 6) is 1.04. The zero-order valence-electron chi connectivity index (χ0n) is 14.5. The summed E-state index contributed by atoms with van der Waals surface area (Å²) in [5.41, 5.74) is 3.14. The minimum atomic E-state index is 0.398. The van der Waals surface area contributed by atoms with Gasteiger partial charge in [0.15, 0.2) is 5.96 Å². The maximum Gasteiger partial charge on any atom is 0.198 e. The number of benzene rings is 1. The number of rotatable bonds is 7. The standard InChI is InChI=1S/C19H29N3O/c1-3-20-18(21-15-19(10-11-19)12-14-23-4-2)22-13-9-16-7-5-6-8-17(16)22/h5-8H,3-4,9-15H2,1-2H3,(H,20,21). The number of nitrogens with zero attached hydrogens (tertiary/aromatic N) is 2. The first-order valence-electron chi connectivity index (χ1n) is 8.99. The van der Waals surface area contributed by atoms with Crippen LogP contribution >= 0.6 is 0 Å². The normalized spacial score (nSPS) is 18.9. The van der Waals surface area contributed by atoms with Gasteiger partial charge < -0.3 is 15.0 Å². The van der Waals surface area contributed by atoms with Gasteiger partial charge in [-0.2, -0.15) is 0 Å². The Hall–Kier alpha value is -1.55. The topological polar surface area (TPSA) is 36.9 Å². The largest absolute Gasteiger partial charge is 0.382 e. The first-order chi connectivity index (χ1) is 11.3. The van der Waals surface area contributed by atoms with Crippen molar-refractivity contribution < 1.29 is 4.74 Å². The number of guanidine groups is 1. The van der Waals surface area contributed by atoms with E-state index in [1.807, 2.05) is 0 Å². The second-order valence-corrected chi connectivity index (χ2v) is 6.65. The highest BCUT2D eigenvalue weighted by molar-refractivity contribution is 5.98. The smallest absolute Gasteiger partial charge is 0.198 e. The molecular weight excluding hydrogens is 286 g/mol. The zero-order chi connectivity index (χ0) is 16.1. The predicted molar refractivity (Wildman–Crippen MR) is 96.2 cm³/mol. The molecule has 1 heterocycles. The molecule has 0 spiro atoms. The lowest BCUT2D eigenvalue weighted by Gasteiger charge is -2.23. The third-order valence-corrected chi connectivity index (χ3v) is 4.98. The van der Waals surface area contributed by atoms with Crippen LogP contribution < -0.4 is 10.2 Å². The molecule has 1 N–H and O–H groups in total. The second kappa shape index (κ2) is 7.35. The molecule has 0 aromatic heterocycles. The van der Waals surface area contributed by atoms with E-state index in [0.717, 1.165) is 51.6 Å². The minimum absolute atomic E-state index is 0.398. The molecule has 1 aromatic carbocycles. The fourth-order valence-corrected chi connectivity index (χ4v) is 3.29. The summed E-state index contributed by atoms with van der Waals surface area (Å²) < 4.78 is 5.54. The Morgan fingerprint density at radius 1 is 1.30 bits per heavy atom. The Morgan fingerprint density at radius 3 is 2.87 bits per heavy atom. The van der Waals surface area contributed by atoms with Gasteiger partial charge in [-0.3, -0.25) is 4.99 Å². The van der Waals surface area contributed by atoms with E-state index in [0.29, 0.717) is 5.41 Å². The summed E-state index contributed by atoms with van der Waals surface area (Å²) in [6, 6.07) is 8.67. The third kappa shape index (κ3) is 3.86. The molecule has 1 fully saturated rings. The number of nitrogens with one attached hydrogen (secondary N) is 1. The summed E-state index contributed by atoms with van der Waals surface area (Å²) in [6.07, 6.45) is 4.83. The van der Waals surface area contributed by atoms with Gasteiger partial charge in [-0.15, -0.1) is 0 Å². The highest BCUT2D eigenvalue weighted by atomic mass is 16.5.